The van der Waals surface area contributed by atoms with Crippen molar-refractivity contribution in [3.8, 4) is 0 Å². The monoisotopic (exact) mass is 388 g/mol. The van der Waals surface area contributed by atoms with Gasteiger partial charge in [0.15, 0.2) is 0 Å². The van der Waals surface area contributed by atoms with E-state index in [4.69, 9.17) is 9.72 Å². The predicted molar refractivity (Wildman–Crippen MR) is 111 cm³/mol. The number of amides is 1. The van der Waals surface area contributed by atoms with Crippen LogP contribution in [-0.4, -0.2) is 41.2 Å². The lowest BCUT2D eigenvalue weighted by atomic mass is 9.74. The number of rotatable bonds is 3. The summed E-state index contributed by atoms with van der Waals surface area (Å²) in [7, 11) is 0. The lowest BCUT2D eigenvalue weighted by molar-refractivity contribution is -0.123. The second kappa shape index (κ2) is 7.62. The van der Waals surface area contributed by atoms with E-state index in [9.17, 15) is 4.79 Å². The smallest absolute Gasteiger partial charge is 0.225 e. The van der Waals surface area contributed by atoms with Crippen molar-refractivity contribution in [3.05, 3.63) is 17.5 Å². The number of hydrogen-bond acceptors (Lipinski definition) is 5. The van der Waals surface area contributed by atoms with E-state index in [2.05, 4.69) is 63.7 Å². The highest BCUT2D eigenvalue weighted by Crippen LogP contribution is 2.40. The molecule has 0 unspecified atom stereocenters. The summed E-state index contributed by atoms with van der Waals surface area (Å²) in [5.74, 6) is 0.874. The van der Waals surface area contributed by atoms with Crippen LogP contribution in [0.5, 0.6) is 0 Å². The first-order valence-corrected chi connectivity index (χ1v) is 10.5. The first-order chi connectivity index (χ1) is 12.9. The largest absolute Gasteiger partial charge is 0.372 e. The van der Waals surface area contributed by atoms with Gasteiger partial charge in [-0.05, 0) is 37.5 Å². The van der Waals surface area contributed by atoms with Crippen LogP contribution in [0.15, 0.2) is 6.20 Å². The molecule has 2 heterocycles. The lowest BCUT2D eigenvalue weighted by Crippen LogP contribution is -2.46. The molecule has 0 aromatic carbocycles. The van der Waals surface area contributed by atoms with Crippen molar-refractivity contribution in [1.29, 1.82) is 0 Å². The molecular formula is C22H36N4O2. The molecule has 3 rings (SSSR count). The highest BCUT2D eigenvalue weighted by molar-refractivity contribution is 5.77. The molecule has 1 N–H and O–H groups in total. The molecule has 2 aliphatic rings. The Hall–Kier alpha value is -1.69. The van der Waals surface area contributed by atoms with Crippen LogP contribution >= 0.6 is 0 Å². The molecule has 1 aliphatic heterocycles. The molecule has 1 aromatic rings. The van der Waals surface area contributed by atoms with E-state index in [1.807, 2.05) is 6.20 Å². The van der Waals surface area contributed by atoms with Crippen LogP contribution in [0.2, 0.25) is 0 Å². The van der Waals surface area contributed by atoms with Crippen LogP contribution in [0.1, 0.15) is 78.6 Å². The van der Waals surface area contributed by atoms with Gasteiger partial charge in [0.2, 0.25) is 11.9 Å². The topological polar surface area (TPSA) is 67.4 Å². The maximum atomic E-state index is 12.6. The molecule has 1 saturated heterocycles. The van der Waals surface area contributed by atoms with Crippen molar-refractivity contribution >= 4 is 11.9 Å². The normalized spacial score (nSPS) is 27.2. The fourth-order valence-corrected chi connectivity index (χ4v) is 4.39. The minimum atomic E-state index is -0.0266. The number of fused-ring (bicyclic) bond motifs is 1. The molecule has 0 radical (unpaired) electrons. The Morgan fingerprint density at radius 1 is 1.29 bits per heavy atom. The molecule has 28 heavy (non-hydrogen) atoms. The average molecular weight is 389 g/mol. The number of hydrogen-bond donors (Lipinski definition) is 1. The number of nitrogens with zero attached hydrogens (tertiary/aromatic N) is 3. The minimum absolute atomic E-state index is 0.0230. The fraction of sp³-hybridized carbons (Fsp3) is 0.773. The maximum Gasteiger partial charge on any atom is 0.225 e. The van der Waals surface area contributed by atoms with Gasteiger partial charge in [0, 0.05) is 31.3 Å². The summed E-state index contributed by atoms with van der Waals surface area (Å²) in [5, 5.41) is 3.25. The summed E-state index contributed by atoms with van der Waals surface area (Å²) in [6.07, 6.45) is 4.60. The minimum Gasteiger partial charge on any atom is -0.372 e. The second-order valence-electron chi connectivity index (χ2n) is 10.6. The third kappa shape index (κ3) is 5.22. The summed E-state index contributed by atoms with van der Waals surface area (Å²) in [6.45, 7) is 16.5. The van der Waals surface area contributed by atoms with Crippen LogP contribution in [0, 0.1) is 10.8 Å². The summed E-state index contributed by atoms with van der Waals surface area (Å²) >= 11 is 0. The Labute approximate surface area is 169 Å². The molecule has 1 fully saturated rings. The third-order valence-electron chi connectivity index (χ3n) is 5.39. The number of carbonyl (C=O) groups excluding carboxylic acids is 1. The van der Waals surface area contributed by atoms with E-state index in [0.29, 0.717) is 6.42 Å². The second-order valence-corrected chi connectivity index (χ2v) is 10.6. The number of ether oxygens (including phenoxy) is 1. The van der Waals surface area contributed by atoms with Crippen LogP contribution in [0.3, 0.4) is 0 Å². The molecule has 0 bridgehead atoms. The predicted octanol–water partition coefficient (Wildman–Crippen LogP) is 3.66. The zero-order valence-electron chi connectivity index (χ0n) is 18.5. The number of nitrogens with one attached hydrogen (secondary N) is 1. The summed E-state index contributed by atoms with van der Waals surface area (Å²) in [4.78, 5) is 24.4. The Balaban J connectivity index is 1.83. The molecule has 1 aromatic heterocycles. The van der Waals surface area contributed by atoms with Gasteiger partial charge < -0.3 is 15.0 Å². The van der Waals surface area contributed by atoms with Gasteiger partial charge in [-0.25, -0.2) is 9.97 Å². The quantitative estimate of drug-likeness (QED) is 0.856. The molecule has 6 heteroatoms. The highest BCUT2D eigenvalue weighted by Gasteiger charge is 2.35. The van der Waals surface area contributed by atoms with Crippen molar-refractivity contribution in [2.24, 2.45) is 10.8 Å². The number of anilines is 1. The van der Waals surface area contributed by atoms with Crippen molar-refractivity contribution in [3.63, 3.8) is 0 Å². The zero-order valence-corrected chi connectivity index (χ0v) is 18.5. The maximum absolute atomic E-state index is 12.6. The molecule has 1 amide bonds. The van der Waals surface area contributed by atoms with E-state index in [0.717, 1.165) is 43.1 Å². The summed E-state index contributed by atoms with van der Waals surface area (Å²) < 4.78 is 5.84. The summed E-state index contributed by atoms with van der Waals surface area (Å²) in [5.41, 5.74) is 2.19. The van der Waals surface area contributed by atoms with Crippen LogP contribution in [0.25, 0.3) is 0 Å². The van der Waals surface area contributed by atoms with Gasteiger partial charge in [-0.2, -0.15) is 0 Å². The van der Waals surface area contributed by atoms with Crippen molar-refractivity contribution in [1.82, 2.24) is 15.3 Å². The molecular weight excluding hydrogens is 352 g/mol. The van der Waals surface area contributed by atoms with Gasteiger partial charge in [-0.15, -0.1) is 0 Å². The SMILES string of the molecule is C[C@@H]1CN(c2ncc3c(n2)CC(C)(C)C[C@H]3NC(=O)CC(C)(C)C)C[C@H](C)O1. The van der Waals surface area contributed by atoms with Gasteiger partial charge in [0.05, 0.1) is 23.9 Å². The molecule has 6 nitrogen and oxygen atoms in total. The Morgan fingerprint density at radius 2 is 1.93 bits per heavy atom. The zero-order chi connectivity index (χ0) is 20.7. The van der Waals surface area contributed by atoms with Crippen molar-refractivity contribution in [2.45, 2.75) is 86.0 Å². The lowest BCUT2D eigenvalue weighted by Gasteiger charge is -2.38. The Bertz CT molecular complexity index is 716. The number of carbonyl (C=O) groups is 1. The standard InChI is InChI=1S/C22H36N4O2/c1-14-12-26(13-15(2)28-14)20-23-11-16-17(24-19(27)10-21(3,4)5)8-22(6,7)9-18(16)25-20/h11,14-15,17H,8-10,12-13H2,1-7H3,(H,24,27)/t14-,15+,17-/m1/s1. The van der Waals surface area contributed by atoms with Gasteiger partial charge >= 0.3 is 0 Å². The number of morpholine rings is 1. The average Bonchev–Trinajstić information content (AvgIpc) is 2.50. The molecule has 0 spiro atoms. The van der Waals surface area contributed by atoms with Crippen LogP contribution in [-0.2, 0) is 16.0 Å². The molecule has 0 saturated carbocycles. The van der Waals surface area contributed by atoms with Crippen LogP contribution < -0.4 is 10.2 Å². The summed E-state index contributed by atoms with van der Waals surface area (Å²) in [6, 6.07) is -0.0230. The van der Waals surface area contributed by atoms with Crippen molar-refractivity contribution < 1.29 is 9.53 Å². The third-order valence-corrected chi connectivity index (χ3v) is 5.39. The van der Waals surface area contributed by atoms with Gasteiger partial charge in [0.1, 0.15) is 0 Å². The van der Waals surface area contributed by atoms with E-state index >= 15 is 0 Å². The van der Waals surface area contributed by atoms with E-state index in [1.54, 1.807) is 0 Å². The molecule has 3 atom stereocenters. The molecule has 156 valence electrons. The Morgan fingerprint density at radius 3 is 2.54 bits per heavy atom. The van der Waals surface area contributed by atoms with E-state index in [1.165, 1.54) is 0 Å². The Kier molecular flexibility index (Phi) is 5.72. The van der Waals surface area contributed by atoms with Gasteiger partial charge in [0.25, 0.3) is 0 Å². The van der Waals surface area contributed by atoms with Gasteiger partial charge in [-0.3, -0.25) is 4.79 Å². The first kappa shape index (κ1) is 21.0. The first-order valence-electron chi connectivity index (χ1n) is 10.5. The van der Waals surface area contributed by atoms with Crippen molar-refractivity contribution in [2.75, 3.05) is 18.0 Å². The van der Waals surface area contributed by atoms with E-state index in [-0.39, 0.29) is 35.0 Å². The number of aromatic nitrogens is 2. The van der Waals surface area contributed by atoms with Gasteiger partial charge in [-0.1, -0.05) is 34.6 Å². The van der Waals surface area contributed by atoms with Crippen LogP contribution in [0.4, 0.5) is 5.95 Å². The molecule has 1 aliphatic carbocycles. The fourth-order valence-electron chi connectivity index (χ4n) is 4.39. The highest BCUT2D eigenvalue weighted by atomic mass is 16.5. The van der Waals surface area contributed by atoms with E-state index < -0.39 is 0 Å².